The Morgan fingerprint density at radius 2 is 1.84 bits per heavy atom. The number of anilines is 1. The molecule has 0 unspecified atom stereocenters. The maximum atomic E-state index is 13.1. The lowest BCUT2D eigenvalue weighted by Crippen LogP contribution is -2.26. The van der Waals surface area contributed by atoms with E-state index >= 15 is 0 Å². The fourth-order valence-corrected chi connectivity index (χ4v) is 4.45. The number of para-hydroxylation sites is 1. The van der Waals surface area contributed by atoms with Crippen molar-refractivity contribution in [2.45, 2.75) is 26.8 Å². The molecule has 0 saturated carbocycles. The third-order valence-electron chi connectivity index (χ3n) is 5.26. The highest BCUT2D eigenvalue weighted by molar-refractivity contribution is 7.22. The number of rotatable bonds is 5. The summed E-state index contributed by atoms with van der Waals surface area (Å²) < 4.78 is 4.18. The molecule has 0 saturated heterocycles. The van der Waals surface area contributed by atoms with Crippen LogP contribution in [0.5, 0.6) is 0 Å². The molecule has 0 spiro atoms. The Morgan fingerprint density at radius 1 is 1.06 bits per heavy atom. The largest absolute Gasteiger partial charge is 0.302 e. The molecule has 0 bridgehead atoms. The number of thiazole rings is 1. The van der Waals surface area contributed by atoms with E-state index in [0.717, 1.165) is 21.5 Å². The average molecular weight is 445 g/mol. The first-order valence-corrected chi connectivity index (χ1v) is 11.0. The fraction of sp³-hybridized carbons (Fsp3) is 0.174. The first-order valence-electron chi connectivity index (χ1n) is 10.2. The molecule has 1 amide bonds. The normalized spacial score (nSPS) is 11.3. The van der Waals surface area contributed by atoms with E-state index in [1.54, 1.807) is 11.6 Å². The minimum Gasteiger partial charge on any atom is -0.302 e. The van der Waals surface area contributed by atoms with Crippen LogP contribution in [0.4, 0.5) is 5.13 Å². The highest BCUT2D eigenvalue weighted by atomic mass is 32.1. The standard InChI is InChI=1S/C23H20N6O2S/c1-14-7-9-16(10-8-14)29-21-17(13-24-29)22(31)28(15(2)25-21)12-11-20(30)27-23-26-18-5-3-4-6-19(18)32-23/h3-10,13H,11-12H2,1-2H3,(H,26,27,30). The fourth-order valence-electron chi connectivity index (χ4n) is 3.57. The van der Waals surface area contributed by atoms with Gasteiger partial charge in [-0.25, -0.2) is 14.6 Å². The zero-order valence-electron chi connectivity index (χ0n) is 17.6. The maximum absolute atomic E-state index is 13.1. The lowest BCUT2D eigenvalue weighted by molar-refractivity contribution is -0.116. The van der Waals surface area contributed by atoms with Crippen LogP contribution in [-0.2, 0) is 11.3 Å². The van der Waals surface area contributed by atoms with Gasteiger partial charge in [-0.2, -0.15) is 5.10 Å². The van der Waals surface area contributed by atoms with Gasteiger partial charge in [0.1, 0.15) is 11.2 Å². The van der Waals surface area contributed by atoms with E-state index in [1.165, 1.54) is 22.1 Å². The van der Waals surface area contributed by atoms with Crippen molar-refractivity contribution in [1.29, 1.82) is 0 Å². The van der Waals surface area contributed by atoms with Gasteiger partial charge in [-0.1, -0.05) is 41.2 Å². The SMILES string of the molecule is Cc1ccc(-n2ncc3c(=O)n(CCC(=O)Nc4nc5ccccc5s4)c(C)nc32)cc1. The number of aromatic nitrogens is 5. The quantitative estimate of drug-likeness (QED) is 0.444. The van der Waals surface area contributed by atoms with Gasteiger partial charge in [0.2, 0.25) is 5.91 Å². The van der Waals surface area contributed by atoms with Crippen LogP contribution in [0.15, 0.2) is 59.5 Å². The molecule has 8 nitrogen and oxygen atoms in total. The van der Waals surface area contributed by atoms with Crippen LogP contribution in [0, 0.1) is 13.8 Å². The molecular formula is C23H20N6O2S. The summed E-state index contributed by atoms with van der Waals surface area (Å²) in [5, 5.41) is 8.16. The number of hydrogen-bond donors (Lipinski definition) is 1. The van der Waals surface area contributed by atoms with E-state index in [-0.39, 0.29) is 24.4 Å². The minimum absolute atomic E-state index is 0.135. The first-order chi connectivity index (χ1) is 15.5. The highest BCUT2D eigenvalue weighted by Crippen LogP contribution is 2.25. The molecule has 0 fully saturated rings. The number of hydrogen-bond acceptors (Lipinski definition) is 6. The first kappa shape index (κ1) is 20.1. The summed E-state index contributed by atoms with van der Waals surface area (Å²) in [6.07, 6.45) is 1.66. The monoisotopic (exact) mass is 444 g/mol. The van der Waals surface area contributed by atoms with Crippen molar-refractivity contribution < 1.29 is 4.79 Å². The van der Waals surface area contributed by atoms with Gasteiger partial charge >= 0.3 is 0 Å². The summed E-state index contributed by atoms with van der Waals surface area (Å²) in [6.45, 7) is 4.00. The van der Waals surface area contributed by atoms with Crippen molar-refractivity contribution in [2.24, 2.45) is 0 Å². The van der Waals surface area contributed by atoms with Crippen LogP contribution >= 0.6 is 11.3 Å². The van der Waals surface area contributed by atoms with Crippen molar-refractivity contribution in [3.05, 3.63) is 76.5 Å². The summed E-state index contributed by atoms with van der Waals surface area (Å²) in [4.78, 5) is 34.6. The number of nitrogens with zero attached hydrogens (tertiary/aromatic N) is 5. The van der Waals surface area contributed by atoms with Crippen LogP contribution in [0.25, 0.3) is 26.9 Å². The third-order valence-corrected chi connectivity index (χ3v) is 6.21. The van der Waals surface area contributed by atoms with Crippen LogP contribution < -0.4 is 10.9 Å². The van der Waals surface area contributed by atoms with E-state index in [4.69, 9.17) is 0 Å². The Bertz CT molecular complexity index is 1480. The van der Waals surface area contributed by atoms with Gasteiger partial charge in [0.25, 0.3) is 5.56 Å². The van der Waals surface area contributed by atoms with Crippen LogP contribution in [0.1, 0.15) is 17.8 Å². The van der Waals surface area contributed by atoms with Crippen molar-refractivity contribution in [1.82, 2.24) is 24.3 Å². The van der Waals surface area contributed by atoms with Crippen LogP contribution in [0.2, 0.25) is 0 Å². The Kier molecular flexibility index (Phi) is 5.02. The molecule has 0 aliphatic rings. The Hall–Kier alpha value is -3.85. The second-order valence-corrected chi connectivity index (χ2v) is 8.56. The summed E-state index contributed by atoms with van der Waals surface area (Å²) in [7, 11) is 0. The predicted octanol–water partition coefficient (Wildman–Crippen LogP) is 3.84. The Balaban J connectivity index is 1.36. The molecule has 5 rings (SSSR count). The van der Waals surface area contributed by atoms with Crippen molar-refractivity contribution in [3.8, 4) is 5.69 Å². The molecule has 2 aromatic carbocycles. The van der Waals surface area contributed by atoms with E-state index in [9.17, 15) is 9.59 Å². The number of benzene rings is 2. The van der Waals surface area contributed by atoms with Gasteiger partial charge in [-0.3, -0.25) is 14.2 Å². The van der Waals surface area contributed by atoms with E-state index < -0.39 is 0 Å². The summed E-state index contributed by atoms with van der Waals surface area (Å²) >= 11 is 1.42. The Labute approximate surface area is 187 Å². The van der Waals surface area contributed by atoms with Gasteiger partial charge in [0, 0.05) is 13.0 Å². The molecule has 3 heterocycles. The topological polar surface area (TPSA) is 94.7 Å². The number of nitrogens with one attached hydrogen (secondary N) is 1. The maximum Gasteiger partial charge on any atom is 0.264 e. The van der Waals surface area contributed by atoms with Gasteiger partial charge in [-0.15, -0.1) is 0 Å². The summed E-state index contributed by atoms with van der Waals surface area (Å²) in [5.41, 5.74) is 3.12. The number of aryl methyl sites for hydroxylation is 2. The lowest BCUT2D eigenvalue weighted by atomic mass is 10.2. The number of amides is 1. The lowest BCUT2D eigenvalue weighted by Gasteiger charge is -2.10. The smallest absolute Gasteiger partial charge is 0.264 e. The molecule has 0 aliphatic carbocycles. The van der Waals surface area contributed by atoms with Gasteiger partial charge in [0.15, 0.2) is 10.8 Å². The number of carbonyl (C=O) groups is 1. The predicted molar refractivity (Wildman–Crippen MR) is 125 cm³/mol. The minimum atomic E-state index is -0.210. The van der Waals surface area contributed by atoms with Crippen molar-refractivity contribution in [3.63, 3.8) is 0 Å². The molecule has 160 valence electrons. The number of carbonyl (C=O) groups excluding carboxylic acids is 1. The van der Waals surface area contributed by atoms with Crippen LogP contribution in [-0.4, -0.2) is 30.2 Å². The van der Waals surface area contributed by atoms with Gasteiger partial charge in [-0.05, 0) is 38.1 Å². The molecule has 0 atom stereocenters. The molecule has 1 N–H and O–H groups in total. The molecule has 9 heteroatoms. The van der Waals surface area contributed by atoms with Crippen molar-refractivity contribution in [2.75, 3.05) is 5.32 Å². The zero-order chi connectivity index (χ0) is 22.2. The molecule has 5 aromatic rings. The van der Waals surface area contributed by atoms with Crippen LogP contribution in [0.3, 0.4) is 0 Å². The highest BCUT2D eigenvalue weighted by Gasteiger charge is 2.15. The molecule has 0 radical (unpaired) electrons. The molecule has 0 aliphatic heterocycles. The van der Waals surface area contributed by atoms with E-state index in [0.29, 0.717) is 22.0 Å². The van der Waals surface area contributed by atoms with Crippen molar-refractivity contribution >= 4 is 43.6 Å². The molecule has 32 heavy (non-hydrogen) atoms. The molecular weight excluding hydrogens is 424 g/mol. The van der Waals surface area contributed by atoms with E-state index in [1.807, 2.05) is 55.5 Å². The van der Waals surface area contributed by atoms with E-state index in [2.05, 4.69) is 20.4 Å². The summed E-state index contributed by atoms with van der Waals surface area (Å²) in [6, 6.07) is 15.6. The number of fused-ring (bicyclic) bond motifs is 2. The second-order valence-electron chi connectivity index (χ2n) is 7.53. The zero-order valence-corrected chi connectivity index (χ0v) is 18.4. The molecule has 3 aromatic heterocycles. The van der Waals surface area contributed by atoms with Gasteiger partial charge < -0.3 is 5.32 Å². The third kappa shape index (κ3) is 3.67. The second kappa shape index (κ2) is 8.01. The van der Waals surface area contributed by atoms with Gasteiger partial charge in [0.05, 0.1) is 22.1 Å². The average Bonchev–Trinajstić information content (AvgIpc) is 3.37. The Morgan fingerprint density at radius 3 is 2.62 bits per heavy atom. The summed E-state index contributed by atoms with van der Waals surface area (Å²) in [5.74, 6) is 0.329.